The highest BCUT2D eigenvalue weighted by Crippen LogP contribution is 2.30. The predicted octanol–water partition coefficient (Wildman–Crippen LogP) is 4.65. The van der Waals surface area contributed by atoms with E-state index >= 15 is 0 Å². The molecule has 0 saturated carbocycles. The van der Waals surface area contributed by atoms with Crippen LogP contribution in [0.1, 0.15) is 43.2 Å². The number of carbonyl (C=O) groups is 1. The molecular weight excluding hydrogens is 338 g/mol. The van der Waals surface area contributed by atoms with Gasteiger partial charge >= 0.3 is 6.09 Å². The first kappa shape index (κ1) is 20.7. The lowest BCUT2D eigenvalue weighted by Crippen LogP contribution is -2.47. The quantitative estimate of drug-likeness (QED) is 0.475. The Kier molecular flexibility index (Phi) is 8.59. The van der Waals surface area contributed by atoms with Crippen LogP contribution < -0.4 is 5.32 Å². The van der Waals surface area contributed by atoms with Crippen molar-refractivity contribution in [3.63, 3.8) is 0 Å². The monoisotopic (exact) mass is 367 g/mol. The number of aliphatic hydroxyl groups is 1. The fourth-order valence-electron chi connectivity index (χ4n) is 3.13. The number of carbonyl (C=O) groups excluding carboxylic acids is 1. The maximum atomic E-state index is 12.3. The first-order valence-corrected chi connectivity index (χ1v) is 9.49. The van der Waals surface area contributed by atoms with Gasteiger partial charge in [0.15, 0.2) is 0 Å². The summed E-state index contributed by atoms with van der Waals surface area (Å²) >= 11 is 0. The summed E-state index contributed by atoms with van der Waals surface area (Å²) < 4.78 is 5.28. The molecule has 2 N–H and O–H groups in total. The predicted molar refractivity (Wildman–Crippen MR) is 109 cm³/mol. The van der Waals surface area contributed by atoms with Crippen molar-refractivity contribution in [2.45, 2.75) is 44.2 Å². The van der Waals surface area contributed by atoms with Crippen molar-refractivity contribution < 1.29 is 14.6 Å². The Balaban J connectivity index is 2.34. The maximum Gasteiger partial charge on any atom is 0.407 e. The van der Waals surface area contributed by atoms with Crippen molar-refractivity contribution in [2.24, 2.45) is 0 Å². The molecular formula is C23H29NO3. The second-order valence-corrected chi connectivity index (χ2v) is 6.55. The minimum Gasteiger partial charge on any atom is -0.450 e. The third-order valence-corrected chi connectivity index (χ3v) is 4.51. The number of ether oxygens (including phenoxy) is 1. The van der Waals surface area contributed by atoms with Crippen LogP contribution >= 0.6 is 0 Å². The molecule has 0 spiro atoms. The summed E-state index contributed by atoms with van der Waals surface area (Å²) in [4.78, 5) is 12.3. The van der Waals surface area contributed by atoms with Crippen LogP contribution in [0.5, 0.6) is 0 Å². The third-order valence-electron chi connectivity index (χ3n) is 4.51. The Hall–Kier alpha value is -2.59. The molecule has 144 valence electrons. The first-order valence-electron chi connectivity index (χ1n) is 9.49. The molecule has 27 heavy (non-hydrogen) atoms. The molecule has 0 fully saturated rings. The zero-order chi connectivity index (χ0) is 19.5. The van der Waals surface area contributed by atoms with Gasteiger partial charge in [-0.1, -0.05) is 80.1 Å². The van der Waals surface area contributed by atoms with Crippen molar-refractivity contribution in [1.82, 2.24) is 5.32 Å². The molecule has 2 atom stereocenters. The minimum absolute atomic E-state index is 0.207. The molecule has 0 aromatic heterocycles. The Labute approximate surface area is 161 Å². The molecule has 2 aromatic rings. The number of unbranched alkanes of at least 4 members (excludes halogenated alkanes) is 1. The second kappa shape index (κ2) is 11.2. The highest BCUT2D eigenvalue weighted by atomic mass is 16.5. The van der Waals surface area contributed by atoms with Crippen molar-refractivity contribution in [2.75, 3.05) is 6.61 Å². The SMILES string of the molecule is C=CCC(O)C(NC(=O)OCCCC)C(c1ccccc1)c1ccccc1. The average molecular weight is 367 g/mol. The number of hydrogen-bond acceptors (Lipinski definition) is 3. The summed E-state index contributed by atoms with van der Waals surface area (Å²) in [5, 5.41) is 13.7. The van der Waals surface area contributed by atoms with Crippen molar-refractivity contribution in [3.05, 3.63) is 84.4 Å². The lowest BCUT2D eigenvalue weighted by Gasteiger charge is -2.32. The molecule has 0 radical (unpaired) electrons. The van der Waals surface area contributed by atoms with Crippen LogP contribution in [-0.2, 0) is 4.74 Å². The molecule has 0 heterocycles. The number of aliphatic hydroxyl groups excluding tert-OH is 1. The van der Waals surface area contributed by atoms with Gasteiger partial charge in [-0.2, -0.15) is 0 Å². The molecule has 0 aliphatic carbocycles. The molecule has 0 saturated heterocycles. The van der Waals surface area contributed by atoms with Crippen molar-refractivity contribution in [3.8, 4) is 0 Å². The van der Waals surface area contributed by atoms with Crippen LogP contribution in [0.2, 0.25) is 0 Å². The standard InChI is InChI=1S/C23H29NO3/c1-3-5-17-27-23(26)24-22(20(25)12-4-2)21(18-13-8-6-9-14-18)19-15-10-7-11-16-19/h4,6-11,13-16,20-22,25H,2-3,5,12,17H2,1H3,(H,24,26). The van der Waals surface area contributed by atoms with Gasteiger partial charge in [-0.3, -0.25) is 0 Å². The largest absolute Gasteiger partial charge is 0.450 e. The van der Waals surface area contributed by atoms with Crippen LogP contribution in [0.25, 0.3) is 0 Å². The average Bonchev–Trinajstić information content (AvgIpc) is 2.69. The molecule has 2 rings (SSSR count). The minimum atomic E-state index is -0.786. The van der Waals surface area contributed by atoms with Crippen molar-refractivity contribution >= 4 is 6.09 Å². The van der Waals surface area contributed by atoms with E-state index in [0.29, 0.717) is 13.0 Å². The van der Waals surface area contributed by atoms with E-state index in [2.05, 4.69) is 11.9 Å². The molecule has 4 heteroatoms. The Morgan fingerprint density at radius 3 is 2.15 bits per heavy atom. The number of rotatable bonds is 10. The molecule has 4 nitrogen and oxygen atoms in total. The normalized spacial score (nSPS) is 13.0. The number of alkyl carbamates (subject to hydrolysis) is 1. The molecule has 1 amide bonds. The topological polar surface area (TPSA) is 58.6 Å². The lowest BCUT2D eigenvalue weighted by molar-refractivity contribution is 0.0999. The molecule has 0 aliphatic heterocycles. The summed E-state index contributed by atoms with van der Waals surface area (Å²) in [7, 11) is 0. The van der Waals surface area contributed by atoms with Crippen LogP contribution in [0.15, 0.2) is 73.3 Å². The van der Waals surface area contributed by atoms with E-state index in [1.54, 1.807) is 6.08 Å². The van der Waals surface area contributed by atoms with Gasteiger partial charge in [0, 0.05) is 5.92 Å². The van der Waals surface area contributed by atoms with E-state index in [1.165, 1.54) is 0 Å². The number of nitrogens with one attached hydrogen (secondary N) is 1. The molecule has 0 bridgehead atoms. The van der Waals surface area contributed by atoms with E-state index < -0.39 is 18.2 Å². The van der Waals surface area contributed by atoms with Gasteiger partial charge in [-0.15, -0.1) is 6.58 Å². The lowest BCUT2D eigenvalue weighted by atomic mass is 9.82. The molecule has 0 aliphatic rings. The highest BCUT2D eigenvalue weighted by molar-refractivity contribution is 5.68. The molecule has 2 aromatic carbocycles. The van der Waals surface area contributed by atoms with E-state index in [4.69, 9.17) is 4.74 Å². The van der Waals surface area contributed by atoms with Gasteiger partial charge in [0.2, 0.25) is 0 Å². The zero-order valence-electron chi connectivity index (χ0n) is 15.9. The second-order valence-electron chi connectivity index (χ2n) is 6.55. The van der Waals surface area contributed by atoms with Gasteiger partial charge in [-0.05, 0) is 24.0 Å². The zero-order valence-corrected chi connectivity index (χ0v) is 15.9. The number of amides is 1. The van der Waals surface area contributed by atoms with Gasteiger partial charge in [-0.25, -0.2) is 4.79 Å². The van der Waals surface area contributed by atoms with Crippen LogP contribution in [-0.4, -0.2) is 30.0 Å². The fourth-order valence-corrected chi connectivity index (χ4v) is 3.13. The van der Waals surface area contributed by atoms with Gasteiger partial charge in [0.1, 0.15) is 0 Å². The van der Waals surface area contributed by atoms with Gasteiger partial charge in [0.25, 0.3) is 0 Å². The van der Waals surface area contributed by atoms with E-state index in [0.717, 1.165) is 24.0 Å². The highest BCUT2D eigenvalue weighted by Gasteiger charge is 2.32. The summed E-state index contributed by atoms with van der Waals surface area (Å²) in [5.74, 6) is -0.207. The van der Waals surface area contributed by atoms with E-state index in [9.17, 15) is 9.90 Å². The van der Waals surface area contributed by atoms with Crippen LogP contribution in [0.3, 0.4) is 0 Å². The van der Waals surface area contributed by atoms with Gasteiger partial charge in [0.05, 0.1) is 18.8 Å². The first-order chi connectivity index (χ1) is 13.2. The smallest absolute Gasteiger partial charge is 0.407 e. The van der Waals surface area contributed by atoms with Crippen LogP contribution in [0, 0.1) is 0 Å². The Bertz CT molecular complexity index is 648. The summed E-state index contributed by atoms with van der Waals surface area (Å²) in [6, 6.07) is 19.2. The summed E-state index contributed by atoms with van der Waals surface area (Å²) in [6.45, 7) is 6.13. The van der Waals surface area contributed by atoms with Crippen molar-refractivity contribution in [1.29, 1.82) is 0 Å². The Morgan fingerprint density at radius 1 is 1.11 bits per heavy atom. The fraction of sp³-hybridized carbons (Fsp3) is 0.348. The Morgan fingerprint density at radius 2 is 1.67 bits per heavy atom. The van der Waals surface area contributed by atoms with Gasteiger partial charge < -0.3 is 15.2 Å². The summed E-state index contributed by atoms with van der Waals surface area (Å²) in [5.41, 5.74) is 2.04. The van der Waals surface area contributed by atoms with E-state index in [1.807, 2.05) is 67.6 Å². The van der Waals surface area contributed by atoms with E-state index in [-0.39, 0.29) is 5.92 Å². The number of benzene rings is 2. The maximum absolute atomic E-state index is 12.3. The third kappa shape index (κ3) is 6.26. The molecule has 2 unspecified atom stereocenters. The summed E-state index contributed by atoms with van der Waals surface area (Å²) in [6.07, 6.45) is 2.51. The van der Waals surface area contributed by atoms with Crippen LogP contribution in [0.4, 0.5) is 4.79 Å². The number of hydrogen-bond donors (Lipinski definition) is 2.